The molecule has 1 saturated heterocycles. The SMILES string of the molecule is COc1cc(CCC(=O)NCC(=O)N2CCCN2C(=O)OCc2ccccc2)cc(OC)c1OC. The number of carbonyl (C=O) groups is 3. The van der Waals surface area contributed by atoms with Gasteiger partial charge in [0.1, 0.15) is 6.61 Å². The smallest absolute Gasteiger partial charge is 0.429 e. The van der Waals surface area contributed by atoms with Gasteiger partial charge in [-0.15, -0.1) is 0 Å². The maximum Gasteiger partial charge on any atom is 0.429 e. The fraction of sp³-hybridized carbons (Fsp3) is 0.400. The lowest BCUT2D eigenvalue weighted by atomic mass is 10.1. The van der Waals surface area contributed by atoms with Crippen LogP contribution in [-0.4, -0.2) is 68.9 Å². The molecule has 1 aliphatic rings. The largest absolute Gasteiger partial charge is 0.493 e. The zero-order valence-electron chi connectivity index (χ0n) is 20.2. The van der Waals surface area contributed by atoms with Crippen molar-refractivity contribution < 1.29 is 33.3 Å². The molecule has 0 spiro atoms. The van der Waals surface area contributed by atoms with Crippen molar-refractivity contribution in [3.05, 3.63) is 53.6 Å². The van der Waals surface area contributed by atoms with Crippen LogP contribution < -0.4 is 19.5 Å². The molecule has 0 saturated carbocycles. The average Bonchev–Trinajstić information content (AvgIpc) is 3.39. The van der Waals surface area contributed by atoms with Crippen LogP contribution in [0.2, 0.25) is 0 Å². The number of carbonyl (C=O) groups excluding carboxylic acids is 3. The first-order chi connectivity index (χ1) is 17.0. The molecule has 1 aliphatic heterocycles. The standard InChI is InChI=1S/C25H31N3O7/c1-32-20-14-19(15-21(33-2)24(20)34-3)10-11-22(29)26-16-23(30)27-12-7-13-28(27)25(31)35-17-18-8-5-4-6-9-18/h4-6,8-9,14-15H,7,10-13,16-17H2,1-3H3,(H,26,29). The molecule has 1 heterocycles. The van der Waals surface area contributed by atoms with E-state index in [9.17, 15) is 14.4 Å². The number of methoxy groups -OCH3 is 3. The number of amides is 3. The highest BCUT2D eigenvalue weighted by Gasteiger charge is 2.31. The number of rotatable bonds is 10. The molecule has 188 valence electrons. The molecule has 0 aromatic heterocycles. The van der Waals surface area contributed by atoms with Crippen molar-refractivity contribution >= 4 is 17.9 Å². The van der Waals surface area contributed by atoms with Crippen LogP contribution in [0.1, 0.15) is 24.0 Å². The molecule has 1 fully saturated rings. The van der Waals surface area contributed by atoms with Gasteiger partial charge in [0.05, 0.1) is 27.9 Å². The fourth-order valence-electron chi connectivity index (χ4n) is 3.75. The predicted molar refractivity (Wildman–Crippen MR) is 127 cm³/mol. The van der Waals surface area contributed by atoms with Crippen molar-refractivity contribution in [3.63, 3.8) is 0 Å². The Morgan fingerprint density at radius 2 is 1.54 bits per heavy atom. The molecular weight excluding hydrogens is 454 g/mol. The molecule has 35 heavy (non-hydrogen) atoms. The van der Waals surface area contributed by atoms with Gasteiger partial charge < -0.3 is 24.3 Å². The molecule has 0 unspecified atom stereocenters. The summed E-state index contributed by atoms with van der Waals surface area (Å²) in [5.74, 6) is 0.826. The third-order valence-electron chi connectivity index (χ3n) is 5.54. The normalized spacial score (nSPS) is 12.8. The molecule has 2 aromatic rings. The first kappa shape index (κ1) is 25.7. The minimum atomic E-state index is -0.589. The summed E-state index contributed by atoms with van der Waals surface area (Å²) in [6.45, 7) is 0.682. The molecule has 1 N–H and O–H groups in total. The lowest BCUT2D eigenvalue weighted by Gasteiger charge is -2.27. The van der Waals surface area contributed by atoms with Crippen LogP contribution in [-0.2, 0) is 27.4 Å². The van der Waals surface area contributed by atoms with Gasteiger partial charge in [0.15, 0.2) is 11.5 Å². The zero-order valence-corrected chi connectivity index (χ0v) is 20.2. The van der Waals surface area contributed by atoms with Gasteiger partial charge in [-0.3, -0.25) is 9.59 Å². The van der Waals surface area contributed by atoms with Crippen molar-refractivity contribution in [2.24, 2.45) is 0 Å². The Morgan fingerprint density at radius 1 is 0.886 bits per heavy atom. The van der Waals surface area contributed by atoms with E-state index in [2.05, 4.69) is 5.32 Å². The van der Waals surface area contributed by atoms with Gasteiger partial charge in [-0.05, 0) is 36.1 Å². The van der Waals surface area contributed by atoms with Crippen LogP contribution in [0, 0.1) is 0 Å². The van der Waals surface area contributed by atoms with Crippen LogP contribution in [0.5, 0.6) is 17.2 Å². The topological polar surface area (TPSA) is 107 Å². The van der Waals surface area contributed by atoms with E-state index < -0.39 is 6.09 Å². The summed E-state index contributed by atoms with van der Waals surface area (Å²) in [6, 6.07) is 12.9. The van der Waals surface area contributed by atoms with Crippen molar-refractivity contribution in [2.45, 2.75) is 25.9 Å². The molecule has 0 aliphatic carbocycles. The summed E-state index contributed by atoms with van der Waals surface area (Å²) in [4.78, 5) is 37.5. The molecule has 0 atom stereocenters. The minimum Gasteiger partial charge on any atom is -0.493 e. The highest BCUT2D eigenvalue weighted by molar-refractivity contribution is 5.86. The van der Waals surface area contributed by atoms with Crippen molar-refractivity contribution in [3.8, 4) is 17.2 Å². The monoisotopic (exact) mass is 485 g/mol. The number of ether oxygens (including phenoxy) is 4. The second-order valence-electron chi connectivity index (χ2n) is 7.84. The molecule has 0 radical (unpaired) electrons. The number of nitrogens with zero attached hydrogens (tertiary/aromatic N) is 2. The number of hydrazine groups is 1. The van der Waals surface area contributed by atoms with Crippen LogP contribution >= 0.6 is 0 Å². The van der Waals surface area contributed by atoms with Gasteiger partial charge in [-0.2, -0.15) is 0 Å². The molecule has 0 bridgehead atoms. The molecule has 3 amide bonds. The minimum absolute atomic E-state index is 0.121. The molecule has 2 aromatic carbocycles. The predicted octanol–water partition coefficient (Wildman–Crippen LogP) is 2.55. The van der Waals surface area contributed by atoms with E-state index in [1.165, 1.54) is 31.3 Å². The van der Waals surface area contributed by atoms with E-state index in [1.807, 2.05) is 30.3 Å². The quantitative estimate of drug-likeness (QED) is 0.551. The molecule has 10 nitrogen and oxygen atoms in total. The molecule has 3 rings (SSSR count). The van der Waals surface area contributed by atoms with Crippen LogP contribution in [0.25, 0.3) is 0 Å². The van der Waals surface area contributed by atoms with E-state index in [1.54, 1.807) is 12.1 Å². The maximum absolute atomic E-state index is 12.7. The summed E-state index contributed by atoms with van der Waals surface area (Å²) in [5.41, 5.74) is 1.69. The number of nitrogens with one attached hydrogen (secondary N) is 1. The lowest BCUT2D eigenvalue weighted by Crippen LogP contribution is -2.48. The van der Waals surface area contributed by atoms with Crippen molar-refractivity contribution in [1.29, 1.82) is 0 Å². The van der Waals surface area contributed by atoms with Gasteiger partial charge >= 0.3 is 6.09 Å². The number of benzene rings is 2. The number of hydrogen-bond donors (Lipinski definition) is 1. The third-order valence-corrected chi connectivity index (χ3v) is 5.54. The Labute approximate surface area is 204 Å². The van der Waals surface area contributed by atoms with Crippen LogP contribution in [0.3, 0.4) is 0 Å². The van der Waals surface area contributed by atoms with Crippen LogP contribution in [0.4, 0.5) is 4.79 Å². The van der Waals surface area contributed by atoms with Gasteiger partial charge in [0, 0.05) is 19.5 Å². The van der Waals surface area contributed by atoms with Gasteiger partial charge in [-0.1, -0.05) is 30.3 Å². The second-order valence-corrected chi connectivity index (χ2v) is 7.84. The summed E-state index contributed by atoms with van der Waals surface area (Å²) >= 11 is 0. The fourth-order valence-corrected chi connectivity index (χ4v) is 3.75. The van der Waals surface area contributed by atoms with Crippen molar-refractivity contribution in [1.82, 2.24) is 15.3 Å². The average molecular weight is 486 g/mol. The summed E-state index contributed by atoms with van der Waals surface area (Å²) < 4.78 is 21.3. The number of hydrogen-bond acceptors (Lipinski definition) is 7. The van der Waals surface area contributed by atoms with E-state index in [-0.39, 0.29) is 31.4 Å². The highest BCUT2D eigenvalue weighted by atomic mass is 16.6. The van der Waals surface area contributed by atoms with E-state index in [0.29, 0.717) is 43.2 Å². The Kier molecular flexibility index (Phi) is 9.16. The Hall–Kier alpha value is -3.95. The third kappa shape index (κ3) is 6.78. The Bertz CT molecular complexity index is 1000. The Balaban J connectivity index is 1.48. The highest BCUT2D eigenvalue weighted by Crippen LogP contribution is 2.38. The summed E-state index contributed by atoms with van der Waals surface area (Å²) in [6.07, 6.45) is 0.627. The lowest BCUT2D eigenvalue weighted by molar-refractivity contribution is -0.142. The zero-order chi connectivity index (χ0) is 25.2. The number of aryl methyl sites for hydroxylation is 1. The van der Waals surface area contributed by atoms with E-state index in [4.69, 9.17) is 18.9 Å². The van der Waals surface area contributed by atoms with Gasteiger partial charge in [0.2, 0.25) is 11.7 Å². The van der Waals surface area contributed by atoms with Gasteiger partial charge in [-0.25, -0.2) is 14.8 Å². The first-order valence-electron chi connectivity index (χ1n) is 11.3. The van der Waals surface area contributed by atoms with E-state index in [0.717, 1.165) is 11.1 Å². The molecule has 10 heteroatoms. The van der Waals surface area contributed by atoms with Crippen LogP contribution in [0.15, 0.2) is 42.5 Å². The molecular formula is C25H31N3O7. The second kappa shape index (κ2) is 12.5. The van der Waals surface area contributed by atoms with Gasteiger partial charge in [0.25, 0.3) is 5.91 Å². The summed E-state index contributed by atoms with van der Waals surface area (Å²) in [5, 5.41) is 5.24. The van der Waals surface area contributed by atoms with E-state index >= 15 is 0 Å². The first-order valence-corrected chi connectivity index (χ1v) is 11.3. The maximum atomic E-state index is 12.7. The Morgan fingerprint density at radius 3 is 2.17 bits per heavy atom. The van der Waals surface area contributed by atoms with Crippen molar-refractivity contribution in [2.75, 3.05) is 41.0 Å². The summed E-state index contributed by atoms with van der Waals surface area (Å²) in [7, 11) is 4.58.